The van der Waals surface area contributed by atoms with Crippen LogP contribution < -0.4 is 15.4 Å². The van der Waals surface area contributed by atoms with E-state index in [0.717, 1.165) is 0 Å². The van der Waals surface area contributed by atoms with Gasteiger partial charge in [0.1, 0.15) is 30.3 Å². The molecule has 0 saturated carbocycles. The van der Waals surface area contributed by atoms with E-state index in [9.17, 15) is 9.18 Å². The van der Waals surface area contributed by atoms with Gasteiger partial charge >= 0.3 is 0 Å². The van der Waals surface area contributed by atoms with Crippen LogP contribution in [0.5, 0.6) is 5.75 Å². The van der Waals surface area contributed by atoms with Crippen LogP contribution in [-0.2, 0) is 4.79 Å². The molecule has 0 saturated heterocycles. The lowest BCUT2D eigenvalue weighted by molar-refractivity contribution is -0.111. The summed E-state index contributed by atoms with van der Waals surface area (Å²) in [5.74, 6) is 2.37. The Bertz CT molecular complexity index is 1210. The zero-order chi connectivity index (χ0) is 23.1. The summed E-state index contributed by atoms with van der Waals surface area (Å²) in [5, 5.41) is 6.49. The summed E-state index contributed by atoms with van der Waals surface area (Å²) in [4.78, 5) is 22.9. The number of fused-ring (bicyclic) bond motifs is 1. The van der Waals surface area contributed by atoms with Crippen molar-refractivity contribution in [2.45, 2.75) is 0 Å². The highest BCUT2D eigenvalue weighted by atomic mass is 35.5. The Morgan fingerprint density at radius 1 is 1.31 bits per heavy atom. The molecule has 1 heterocycles. The number of anilines is 3. The number of nitrogens with zero attached hydrogens (tertiary/aromatic N) is 3. The van der Waals surface area contributed by atoms with Gasteiger partial charge in [0, 0.05) is 29.8 Å². The Hall–Kier alpha value is -3.67. The largest absolute Gasteiger partial charge is 0.479 e. The topological polar surface area (TPSA) is 79.4 Å². The van der Waals surface area contributed by atoms with Gasteiger partial charge in [0.2, 0.25) is 5.91 Å². The highest BCUT2D eigenvalue weighted by molar-refractivity contribution is 6.31. The molecule has 3 rings (SSSR count). The van der Waals surface area contributed by atoms with Crippen molar-refractivity contribution in [3.8, 4) is 18.1 Å². The first-order valence-corrected chi connectivity index (χ1v) is 9.94. The summed E-state index contributed by atoms with van der Waals surface area (Å²) in [6.45, 7) is 0.642. The number of likely N-dealkylation sites (N-methyl/N-ethyl adjacent to an activating group) is 1. The second-order valence-corrected chi connectivity index (χ2v) is 7.40. The lowest BCUT2D eigenvalue weighted by atomic mass is 10.1. The predicted molar refractivity (Wildman–Crippen MR) is 125 cm³/mol. The number of hydrogen-bond acceptors (Lipinski definition) is 6. The second kappa shape index (κ2) is 10.6. The van der Waals surface area contributed by atoms with Gasteiger partial charge < -0.3 is 20.3 Å². The van der Waals surface area contributed by atoms with Crippen LogP contribution >= 0.6 is 11.6 Å². The second-order valence-electron chi connectivity index (χ2n) is 6.99. The highest BCUT2D eigenvalue weighted by Gasteiger charge is 2.13. The average Bonchev–Trinajstić information content (AvgIpc) is 2.75. The highest BCUT2D eigenvalue weighted by Crippen LogP contribution is 2.33. The number of benzene rings is 2. The molecule has 0 aliphatic rings. The van der Waals surface area contributed by atoms with Crippen LogP contribution in [0.4, 0.5) is 21.6 Å². The normalized spacial score (nSPS) is 11.0. The molecule has 32 heavy (non-hydrogen) atoms. The van der Waals surface area contributed by atoms with Crippen LogP contribution in [0, 0.1) is 18.2 Å². The van der Waals surface area contributed by atoms with Gasteiger partial charge in [-0.15, -0.1) is 6.42 Å². The fourth-order valence-corrected chi connectivity index (χ4v) is 2.96. The van der Waals surface area contributed by atoms with E-state index in [1.807, 2.05) is 19.0 Å². The number of rotatable bonds is 8. The minimum absolute atomic E-state index is 0.0178. The van der Waals surface area contributed by atoms with E-state index < -0.39 is 5.82 Å². The third-order valence-corrected chi connectivity index (χ3v) is 4.52. The lowest BCUT2D eigenvalue weighted by Gasteiger charge is -2.14. The van der Waals surface area contributed by atoms with E-state index in [4.69, 9.17) is 22.8 Å². The quantitative estimate of drug-likeness (QED) is 0.392. The number of amides is 1. The molecule has 0 fully saturated rings. The number of terminal acetylenes is 1. The van der Waals surface area contributed by atoms with Gasteiger partial charge in [0.15, 0.2) is 0 Å². The maximum Gasteiger partial charge on any atom is 0.248 e. The SMILES string of the molecule is C#CCOc1cc2ncnc(Nc3ccc(F)c(Cl)c3)c2cc1NC(=O)/C=C/CN(C)C. The van der Waals surface area contributed by atoms with Crippen molar-refractivity contribution in [3.05, 3.63) is 59.7 Å². The van der Waals surface area contributed by atoms with Crippen molar-refractivity contribution >= 4 is 45.6 Å². The van der Waals surface area contributed by atoms with Gasteiger partial charge in [-0.2, -0.15) is 0 Å². The van der Waals surface area contributed by atoms with Gasteiger partial charge in [0.25, 0.3) is 0 Å². The van der Waals surface area contributed by atoms with Crippen LogP contribution in [0.15, 0.2) is 48.8 Å². The Labute approximate surface area is 190 Å². The zero-order valence-corrected chi connectivity index (χ0v) is 18.3. The average molecular weight is 454 g/mol. The fraction of sp³-hybridized carbons (Fsp3) is 0.174. The molecular formula is C23H21ClFN5O2. The Morgan fingerprint density at radius 2 is 2.12 bits per heavy atom. The summed E-state index contributed by atoms with van der Waals surface area (Å²) in [6, 6.07) is 7.60. The molecule has 1 aromatic heterocycles. The maximum atomic E-state index is 13.5. The summed E-state index contributed by atoms with van der Waals surface area (Å²) in [5.41, 5.74) is 1.51. The first kappa shape index (κ1) is 23.0. The smallest absolute Gasteiger partial charge is 0.248 e. The van der Waals surface area contributed by atoms with E-state index in [-0.39, 0.29) is 17.5 Å². The van der Waals surface area contributed by atoms with E-state index in [1.54, 1.807) is 18.2 Å². The molecule has 0 radical (unpaired) electrons. The summed E-state index contributed by atoms with van der Waals surface area (Å²) >= 11 is 5.87. The molecular weight excluding hydrogens is 433 g/mol. The predicted octanol–water partition coefficient (Wildman–Crippen LogP) is 4.23. The molecule has 0 unspecified atom stereocenters. The van der Waals surface area contributed by atoms with Crippen molar-refractivity contribution in [1.82, 2.24) is 14.9 Å². The Morgan fingerprint density at radius 3 is 2.84 bits per heavy atom. The van der Waals surface area contributed by atoms with E-state index in [1.165, 1.54) is 30.6 Å². The first-order valence-electron chi connectivity index (χ1n) is 9.56. The van der Waals surface area contributed by atoms with Crippen LogP contribution in [0.3, 0.4) is 0 Å². The zero-order valence-electron chi connectivity index (χ0n) is 17.5. The number of ether oxygens (including phenoxy) is 1. The number of hydrogen-bond donors (Lipinski definition) is 2. The third kappa shape index (κ3) is 5.94. The fourth-order valence-electron chi connectivity index (χ4n) is 2.78. The van der Waals surface area contributed by atoms with Crippen molar-refractivity contribution in [3.63, 3.8) is 0 Å². The van der Waals surface area contributed by atoms with Gasteiger partial charge in [-0.1, -0.05) is 23.6 Å². The third-order valence-electron chi connectivity index (χ3n) is 4.23. The minimum atomic E-state index is -0.521. The molecule has 2 aromatic carbocycles. The van der Waals surface area contributed by atoms with Crippen molar-refractivity contribution in [2.75, 3.05) is 37.9 Å². The van der Waals surface area contributed by atoms with Crippen molar-refractivity contribution < 1.29 is 13.9 Å². The molecule has 2 N–H and O–H groups in total. The lowest BCUT2D eigenvalue weighted by Crippen LogP contribution is -2.13. The summed E-state index contributed by atoms with van der Waals surface area (Å²) in [7, 11) is 3.81. The van der Waals surface area contributed by atoms with E-state index in [2.05, 4.69) is 26.5 Å². The molecule has 164 valence electrons. The monoisotopic (exact) mass is 453 g/mol. The van der Waals surface area contributed by atoms with Crippen LogP contribution in [0.2, 0.25) is 5.02 Å². The minimum Gasteiger partial charge on any atom is -0.479 e. The molecule has 0 spiro atoms. The van der Waals surface area contributed by atoms with Gasteiger partial charge in [0.05, 0.1) is 16.2 Å². The molecule has 0 aliphatic heterocycles. The number of aromatic nitrogens is 2. The number of halogens is 2. The number of nitrogens with one attached hydrogen (secondary N) is 2. The van der Waals surface area contributed by atoms with Crippen LogP contribution in [-0.4, -0.2) is 48.0 Å². The van der Waals surface area contributed by atoms with Crippen molar-refractivity contribution in [1.29, 1.82) is 0 Å². The van der Waals surface area contributed by atoms with Crippen LogP contribution in [0.25, 0.3) is 10.9 Å². The first-order chi connectivity index (χ1) is 15.4. The Balaban J connectivity index is 1.97. The van der Waals surface area contributed by atoms with Crippen molar-refractivity contribution in [2.24, 2.45) is 0 Å². The van der Waals surface area contributed by atoms with Gasteiger partial charge in [-0.3, -0.25) is 4.79 Å². The molecule has 9 heteroatoms. The molecule has 0 bridgehead atoms. The molecule has 7 nitrogen and oxygen atoms in total. The van der Waals surface area contributed by atoms with E-state index >= 15 is 0 Å². The summed E-state index contributed by atoms with van der Waals surface area (Å²) < 4.78 is 19.1. The summed E-state index contributed by atoms with van der Waals surface area (Å²) in [6.07, 6.45) is 9.88. The van der Waals surface area contributed by atoms with E-state index in [0.29, 0.717) is 40.4 Å². The van der Waals surface area contributed by atoms with Gasteiger partial charge in [-0.05, 0) is 38.4 Å². The van der Waals surface area contributed by atoms with Gasteiger partial charge in [-0.25, -0.2) is 14.4 Å². The number of carbonyl (C=O) groups excluding carboxylic acids is 1. The number of carbonyl (C=O) groups is 1. The van der Waals surface area contributed by atoms with Crippen LogP contribution in [0.1, 0.15) is 0 Å². The molecule has 0 aliphatic carbocycles. The standard InChI is InChI=1S/C23H21ClFN5O2/c1-4-10-32-21-13-19-16(12-20(21)29-22(31)6-5-9-30(2)3)23(27-14-26-19)28-15-7-8-18(25)17(24)11-15/h1,5-8,11-14H,9-10H2,2-3H3,(H,29,31)(H,26,27,28)/b6-5+. The maximum absolute atomic E-state index is 13.5. The Kier molecular flexibility index (Phi) is 7.60. The molecule has 1 amide bonds. The molecule has 0 atom stereocenters. The molecule has 3 aromatic rings.